The summed E-state index contributed by atoms with van der Waals surface area (Å²) >= 11 is 0. The van der Waals surface area contributed by atoms with Gasteiger partial charge in [0, 0.05) is 5.69 Å². The number of nitrogens with one attached hydrogen (secondary N) is 1. The van der Waals surface area contributed by atoms with Crippen LogP contribution in [-0.2, 0) is 11.3 Å². The molecule has 0 spiro atoms. The molecule has 0 aliphatic heterocycles. The number of benzene rings is 1. The number of aromatic nitrogens is 3. The fourth-order valence-corrected chi connectivity index (χ4v) is 1.54. The zero-order valence-electron chi connectivity index (χ0n) is 10.5. The molecule has 0 saturated heterocycles. The van der Waals surface area contributed by atoms with E-state index in [-0.39, 0.29) is 18.1 Å². The number of amides is 1. The number of nitrogens with zero attached hydrogens (tertiary/aromatic N) is 3. The number of hydrogen-bond donors (Lipinski definition) is 2. The smallest absolute Gasteiger partial charge is 0.358 e. The van der Waals surface area contributed by atoms with Gasteiger partial charge in [0.15, 0.2) is 5.69 Å². The van der Waals surface area contributed by atoms with Crippen molar-refractivity contribution in [2.75, 3.05) is 5.32 Å². The molecule has 0 aliphatic rings. The number of carboxylic acids is 1. The van der Waals surface area contributed by atoms with Crippen LogP contribution >= 0.6 is 0 Å². The van der Waals surface area contributed by atoms with Crippen molar-refractivity contribution in [3.8, 4) is 0 Å². The van der Waals surface area contributed by atoms with E-state index in [4.69, 9.17) is 5.11 Å². The molecule has 0 aliphatic carbocycles. The maximum atomic E-state index is 13.1. The predicted molar refractivity (Wildman–Crippen MR) is 66.7 cm³/mol. The van der Waals surface area contributed by atoms with Crippen LogP contribution in [0.5, 0.6) is 0 Å². The molecule has 104 valence electrons. The average Bonchev–Trinajstić information content (AvgIpc) is 2.82. The van der Waals surface area contributed by atoms with Crippen molar-refractivity contribution >= 4 is 17.6 Å². The van der Waals surface area contributed by atoms with E-state index in [0.717, 1.165) is 10.9 Å². The van der Waals surface area contributed by atoms with E-state index in [9.17, 15) is 14.0 Å². The van der Waals surface area contributed by atoms with Crippen molar-refractivity contribution in [1.82, 2.24) is 15.0 Å². The van der Waals surface area contributed by atoms with Crippen LogP contribution in [0.3, 0.4) is 0 Å². The summed E-state index contributed by atoms with van der Waals surface area (Å²) in [6.07, 6.45) is 1.15. The van der Waals surface area contributed by atoms with Gasteiger partial charge in [0.2, 0.25) is 5.91 Å². The van der Waals surface area contributed by atoms with Crippen LogP contribution < -0.4 is 5.32 Å². The van der Waals surface area contributed by atoms with Gasteiger partial charge in [0.1, 0.15) is 12.4 Å². The first-order valence-electron chi connectivity index (χ1n) is 5.65. The van der Waals surface area contributed by atoms with E-state index >= 15 is 0 Å². The second-order valence-electron chi connectivity index (χ2n) is 4.12. The van der Waals surface area contributed by atoms with E-state index < -0.39 is 11.9 Å². The Hall–Kier alpha value is -2.77. The number of hydrogen-bond acceptors (Lipinski definition) is 4. The number of aromatic carboxylic acids is 1. The molecule has 0 fully saturated rings. The molecule has 1 aromatic carbocycles. The van der Waals surface area contributed by atoms with E-state index in [2.05, 4.69) is 15.6 Å². The van der Waals surface area contributed by atoms with Crippen LogP contribution in [0.2, 0.25) is 0 Å². The Kier molecular flexibility index (Phi) is 3.74. The van der Waals surface area contributed by atoms with E-state index in [1.54, 1.807) is 6.92 Å². The topological polar surface area (TPSA) is 97.1 Å². The SMILES string of the molecule is Cc1cc(NC(=O)Cn2cc(C(=O)O)nn2)ccc1F. The summed E-state index contributed by atoms with van der Waals surface area (Å²) in [5.41, 5.74) is 0.625. The number of halogens is 1. The lowest BCUT2D eigenvalue weighted by Gasteiger charge is -2.06. The Morgan fingerprint density at radius 2 is 2.20 bits per heavy atom. The molecule has 20 heavy (non-hydrogen) atoms. The van der Waals surface area contributed by atoms with Gasteiger partial charge >= 0.3 is 5.97 Å². The van der Waals surface area contributed by atoms with E-state index in [1.165, 1.54) is 18.2 Å². The highest BCUT2D eigenvalue weighted by Gasteiger charge is 2.11. The van der Waals surface area contributed by atoms with Crippen LogP contribution in [0, 0.1) is 12.7 Å². The van der Waals surface area contributed by atoms with Gasteiger partial charge in [0.05, 0.1) is 6.20 Å². The Labute approximate surface area is 113 Å². The first-order valence-corrected chi connectivity index (χ1v) is 5.65. The number of aryl methyl sites for hydroxylation is 1. The Morgan fingerprint density at radius 3 is 2.80 bits per heavy atom. The predicted octanol–water partition coefficient (Wildman–Crippen LogP) is 1.06. The lowest BCUT2D eigenvalue weighted by molar-refractivity contribution is -0.116. The standard InChI is InChI=1S/C12H11FN4O3/c1-7-4-8(2-3-9(7)13)14-11(18)6-17-5-10(12(19)20)15-16-17/h2-5H,6H2,1H3,(H,14,18)(H,19,20). The van der Waals surface area contributed by atoms with Crippen LogP contribution in [0.25, 0.3) is 0 Å². The summed E-state index contributed by atoms with van der Waals surface area (Å²) in [7, 11) is 0. The molecule has 0 saturated carbocycles. The highest BCUT2D eigenvalue weighted by molar-refractivity contribution is 5.90. The second-order valence-corrected chi connectivity index (χ2v) is 4.12. The molecule has 0 unspecified atom stereocenters. The van der Waals surface area contributed by atoms with Crippen LogP contribution in [0.15, 0.2) is 24.4 Å². The van der Waals surface area contributed by atoms with Crippen molar-refractivity contribution in [3.63, 3.8) is 0 Å². The monoisotopic (exact) mass is 278 g/mol. The van der Waals surface area contributed by atoms with Gasteiger partial charge in [0.25, 0.3) is 0 Å². The highest BCUT2D eigenvalue weighted by atomic mass is 19.1. The number of anilines is 1. The molecule has 1 amide bonds. The number of carboxylic acid groups (broad SMARTS) is 1. The normalized spacial score (nSPS) is 10.3. The second kappa shape index (κ2) is 5.47. The van der Waals surface area contributed by atoms with Gasteiger partial charge in [-0.1, -0.05) is 5.21 Å². The van der Waals surface area contributed by atoms with Crippen molar-refractivity contribution in [2.24, 2.45) is 0 Å². The van der Waals surface area contributed by atoms with Crippen LogP contribution in [0.1, 0.15) is 16.1 Å². The van der Waals surface area contributed by atoms with Gasteiger partial charge in [-0.05, 0) is 30.7 Å². The molecule has 8 heteroatoms. The van der Waals surface area contributed by atoms with E-state index in [1.807, 2.05) is 0 Å². The molecule has 2 aromatic rings. The van der Waals surface area contributed by atoms with Gasteiger partial charge in [-0.25, -0.2) is 13.9 Å². The fraction of sp³-hybridized carbons (Fsp3) is 0.167. The maximum Gasteiger partial charge on any atom is 0.358 e. The van der Waals surface area contributed by atoms with Crippen LogP contribution in [-0.4, -0.2) is 32.0 Å². The highest BCUT2D eigenvalue weighted by Crippen LogP contribution is 2.13. The molecule has 1 aromatic heterocycles. The molecule has 2 rings (SSSR count). The Balaban J connectivity index is 2.01. The first kappa shape index (κ1) is 13.7. The molecule has 2 N–H and O–H groups in total. The number of carbonyl (C=O) groups excluding carboxylic acids is 1. The number of rotatable bonds is 4. The molecular formula is C12H11FN4O3. The minimum absolute atomic E-state index is 0.184. The van der Waals surface area contributed by atoms with Crippen molar-refractivity contribution < 1.29 is 19.1 Å². The Bertz CT molecular complexity index is 668. The molecular weight excluding hydrogens is 267 g/mol. The third kappa shape index (κ3) is 3.16. The third-order valence-electron chi connectivity index (χ3n) is 2.51. The lowest BCUT2D eigenvalue weighted by Crippen LogP contribution is -2.19. The van der Waals surface area contributed by atoms with Crippen molar-refractivity contribution in [2.45, 2.75) is 13.5 Å². The Morgan fingerprint density at radius 1 is 1.45 bits per heavy atom. The van der Waals surface area contributed by atoms with Crippen molar-refractivity contribution in [1.29, 1.82) is 0 Å². The average molecular weight is 278 g/mol. The van der Waals surface area contributed by atoms with Gasteiger partial charge in [-0.3, -0.25) is 4.79 Å². The zero-order valence-corrected chi connectivity index (χ0v) is 10.5. The lowest BCUT2D eigenvalue weighted by atomic mass is 10.2. The minimum atomic E-state index is -1.22. The summed E-state index contributed by atoms with van der Waals surface area (Å²) in [6.45, 7) is 1.40. The summed E-state index contributed by atoms with van der Waals surface area (Å²) < 4.78 is 14.2. The summed E-state index contributed by atoms with van der Waals surface area (Å²) in [6, 6.07) is 4.18. The van der Waals surface area contributed by atoms with E-state index in [0.29, 0.717) is 11.3 Å². The quantitative estimate of drug-likeness (QED) is 0.871. The maximum absolute atomic E-state index is 13.1. The largest absolute Gasteiger partial charge is 0.476 e. The molecule has 7 nitrogen and oxygen atoms in total. The van der Waals surface area contributed by atoms with Gasteiger partial charge < -0.3 is 10.4 Å². The molecule has 0 atom stereocenters. The first-order chi connectivity index (χ1) is 9.45. The summed E-state index contributed by atoms with van der Waals surface area (Å²) in [4.78, 5) is 22.3. The summed E-state index contributed by atoms with van der Waals surface area (Å²) in [5, 5.41) is 18.1. The van der Waals surface area contributed by atoms with Crippen LogP contribution in [0.4, 0.5) is 10.1 Å². The molecule has 1 heterocycles. The molecule has 0 radical (unpaired) electrons. The van der Waals surface area contributed by atoms with Gasteiger partial charge in [-0.15, -0.1) is 5.10 Å². The third-order valence-corrected chi connectivity index (χ3v) is 2.51. The number of carbonyl (C=O) groups is 2. The zero-order chi connectivity index (χ0) is 14.7. The fourth-order valence-electron chi connectivity index (χ4n) is 1.54. The molecule has 0 bridgehead atoms. The summed E-state index contributed by atoms with van der Waals surface area (Å²) in [5.74, 6) is -1.99. The minimum Gasteiger partial charge on any atom is -0.476 e. The van der Waals surface area contributed by atoms with Crippen molar-refractivity contribution in [3.05, 3.63) is 41.5 Å². The van der Waals surface area contributed by atoms with Gasteiger partial charge in [-0.2, -0.15) is 0 Å².